The Labute approximate surface area is 217 Å². The van der Waals surface area contributed by atoms with E-state index in [9.17, 15) is 14.0 Å². The number of carbonyl (C=O) groups is 2. The summed E-state index contributed by atoms with van der Waals surface area (Å²) in [5.41, 5.74) is 1.99. The van der Waals surface area contributed by atoms with Gasteiger partial charge in [-0.2, -0.15) is 0 Å². The van der Waals surface area contributed by atoms with Crippen molar-refractivity contribution in [2.45, 2.75) is 33.2 Å². The summed E-state index contributed by atoms with van der Waals surface area (Å²) in [5, 5.41) is 0. The number of rotatable bonds is 4. The zero-order valence-corrected chi connectivity index (χ0v) is 21.5. The van der Waals surface area contributed by atoms with Crippen molar-refractivity contribution in [1.29, 1.82) is 0 Å². The van der Waals surface area contributed by atoms with E-state index in [0.717, 1.165) is 32.5 Å². The number of anilines is 1. The van der Waals surface area contributed by atoms with Crippen LogP contribution in [0.15, 0.2) is 67.1 Å². The number of hydrogen-bond acceptors (Lipinski definition) is 5. The first kappa shape index (κ1) is 26.4. The summed E-state index contributed by atoms with van der Waals surface area (Å²) < 4.78 is 14.5. The number of amides is 2. The normalized spacial score (nSPS) is 15.6. The Hall–Kier alpha value is -3.65. The van der Waals surface area contributed by atoms with Gasteiger partial charge in [-0.25, -0.2) is 4.39 Å². The Morgan fingerprint density at radius 2 is 1.76 bits per heavy atom. The second-order valence-corrected chi connectivity index (χ2v) is 9.81. The van der Waals surface area contributed by atoms with Crippen LogP contribution in [0.25, 0.3) is 0 Å². The lowest BCUT2D eigenvalue weighted by Gasteiger charge is -2.32. The van der Waals surface area contributed by atoms with Crippen LogP contribution in [-0.2, 0) is 6.54 Å². The average Bonchev–Trinajstić information content (AvgIpc) is 2.90. The third-order valence-corrected chi connectivity index (χ3v) is 6.40. The molecule has 0 unspecified atom stereocenters. The second kappa shape index (κ2) is 12.5. The summed E-state index contributed by atoms with van der Waals surface area (Å²) in [7, 11) is 0. The number of nitrogens with zero attached hydrogens (tertiary/aromatic N) is 5. The number of benzene rings is 1. The highest BCUT2D eigenvalue weighted by atomic mass is 19.1. The van der Waals surface area contributed by atoms with Gasteiger partial charge in [-0.05, 0) is 79.9 Å². The lowest BCUT2D eigenvalue weighted by molar-refractivity contribution is 0.0727. The number of halogens is 1. The monoisotopic (exact) mass is 503 g/mol. The molecule has 3 heterocycles. The van der Waals surface area contributed by atoms with Crippen LogP contribution in [0.5, 0.6) is 0 Å². The molecule has 0 saturated heterocycles. The molecule has 1 aliphatic rings. The zero-order chi connectivity index (χ0) is 26.2. The number of hydrogen-bond donors (Lipinski definition) is 0. The molecule has 0 N–H and O–H groups in total. The Bertz CT molecular complexity index is 1190. The van der Waals surface area contributed by atoms with Gasteiger partial charge in [-0.3, -0.25) is 19.6 Å². The molecule has 2 aromatic heterocycles. The van der Waals surface area contributed by atoms with Crippen molar-refractivity contribution in [3.63, 3.8) is 0 Å². The maximum atomic E-state index is 14.5. The molecule has 7 nitrogen and oxygen atoms in total. The molecule has 0 radical (unpaired) electrons. The summed E-state index contributed by atoms with van der Waals surface area (Å²) in [4.78, 5) is 41.3. The first-order valence-corrected chi connectivity index (χ1v) is 12.9. The van der Waals surface area contributed by atoms with Gasteiger partial charge in [0.2, 0.25) is 0 Å². The molecule has 37 heavy (non-hydrogen) atoms. The van der Waals surface area contributed by atoms with Gasteiger partial charge in [0, 0.05) is 50.5 Å². The van der Waals surface area contributed by atoms with Gasteiger partial charge in [0.15, 0.2) is 0 Å². The van der Waals surface area contributed by atoms with Crippen LogP contribution in [0, 0.1) is 11.7 Å². The largest absolute Gasteiger partial charge is 0.333 e. The molecule has 0 aliphatic carbocycles. The predicted octanol–water partition coefficient (Wildman–Crippen LogP) is 4.66. The van der Waals surface area contributed by atoms with E-state index in [1.807, 2.05) is 0 Å². The van der Waals surface area contributed by atoms with Gasteiger partial charge in [-0.1, -0.05) is 19.9 Å². The van der Waals surface area contributed by atoms with Crippen LogP contribution in [0.3, 0.4) is 0 Å². The van der Waals surface area contributed by atoms with Crippen molar-refractivity contribution < 1.29 is 14.0 Å². The molecule has 8 heteroatoms. The van der Waals surface area contributed by atoms with Crippen LogP contribution in [0.1, 0.15) is 53.1 Å². The fourth-order valence-electron chi connectivity index (χ4n) is 4.78. The lowest BCUT2D eigenvalue weighted by atomic mass is 10.1. The van der Waals surface area contributed by atoms with E-state index in [2.05, 4.69) is 28.7 Å². The maximum Gasteiger partial charge on any atom is 0.272 e. The summed E-state index contributed by atoms with van der Waals surface area (Å²) in [6, 6.07) is 13.1. The molecule has 0 fully saturated rings. The fraction of sp³-hybridized carbons (Fsp3) is 0.379. The van der Waals surface area contributed by atoms with Crippen molar-refractivity contribution in [2.24, 2.45) is 5.92 Å². The molecule has 3 aromatic rings. The summed E-state index contributed by atoms with van der Waals surface area (Å²) in [6.45, 7) is 8.10. The van der Waals surface area contributed by atoms with Gasteiger partial charge in [0.25, 0.3) is 11.8 Å². The summed E-state index contributed by atoms with van der Waals surface area (Å²) >= 11 is 0. The summed E-state index contributed by atoms with van der Waals surface area (Å²) in [6.07, 6.45) is 6.32. The minimum absolute atomic E-state index is 0.170. The van der Waals surface area contributed by atoms with Gasteiger partial charge in [0.05, 0.1) is 5.56 Å². The minimum Gasteiger partial charge on any atom is -0.333 e. The summed E-state index contributed by atoms with van der Waals surface area (Å²) in [5.74, 6) is -0.326. The second-order valence-electron chi connectivity index (χ2n) is 9.81. The number of aromatic nitrogens is 2. The molecular weight excluding hydrogens is 469 g/mol. The van der Waals surface area contributed by atoms with Gasteiger partial charge >= 0.3 is 0 Å². The van der Waals surface area contributed by atoms with E-state index in [1.165, 1.54) is 12.1 Å². The average molecular weight is 504 g/mol. The van der Waals surface area contributed by atoms with Crippen LogP contribution in [0.4, 0.5) is 10.1 Å². The van der Waals surface area contributed by atoms with Gasteiger partial charge < -0.3 is 14.7 Å². The van der Waals surface area contributed by atoms with Crippen molar-refractivity contribution in [2.75, 3.05) is 37.6 Å². The van der Waals surface area contributed by atoms with E-state index in [0.29, 0.717) is 41.5 Å². The van der Waals surface area contributed by atoms with Crippen LogP contribution < -0.4 is 4.90 Å². The highest BCUT2D eigenvalue weighted by molar-refractivity contribution is 6.06. The van der Waals surface area contributed by atoms with Crippen molar-refractivity contribution in [3.05, 3.63) is 89.8 Å². The van der Waals surface area contributed by atoms with E-state index < -0.39 is 5.82 Å². The topological polar surface area (TPSA) is 69.6 Å². The number of pyridine rings is 2. The smallest absolute Gasteiger partial charge is 0.272 e. The first-order valence-electron chi connectivity index (χ1n) is 12.9. The van der Waals surface area contributed by atoms with E-state index >= 15 is 0 Å². The molecule has 1 aliphatic heterocycles. The van der Waals surface area contributed by atoms with Crippen molar-refractivity contribution in [3.8, 4) is 0 Å². The van der Waals surface area contributed by atoms with Gasteiger partial charge in [-0.15, -0.1) is 0 Å². The van der Waals surface area contributed by atoms with Crippen LogP contribution >= 0.6 is 0 Å². The molecule has 2 amide bonds. The van der Waals surface area contributed by atoms with Gasteiger partial charge in [0.1, 0.15) is 11.5 Å². The van der Waals surface area contributed by atoms with E-state index in [1.54, 1.807) is 64.8 Å². The molecule has 0 spiro atoms. The number of carbonyl (C=O) groups excluding carboxylic acids is 2. The first-order chi connectivity index (χ1) is 17.9. The van der Waals surface area contributed by atoms with Crippen molar-refractivity contribution in [1.82, 2.24) is 19.8 Å². The van der Waals surface area contributed by atoms with Crippen LogP contribution in [-0.4, -0.2) is 64.3 Å². The third-order valence-electron chi connectivity index (χ3n) is 6.40. The molecular formula is C29H34FN5O2. The molecule has 4 rings (SSSR count). The van der Waals surface area contributed by atoms with Crippen molar-refractivity contribution >= 4 is 17.5 Å². The lowest BCUT2D eigenvalue weighted by Crippen LogP contribution is -2.40. The third kappa shape index (κ3) is 6.98. The highest BCUT2D eigenvalue weighted by Crippen LogP contribution is 2.27. The predicted molar refractivity (Wildman–Crippen MR) is 142 cm³/mol. The standard InChI is InChI=1S/C29H34FN5O2/c1-22(2)20-33-14-6-16-34(29(37)26-9-3-4-13-32-26)21-24-18-25(30)10-11-27(24)35(17-7-15-33)28(36)23-8-5-12-31-19-23/h3-5,8-13,18-19,22H,6-7,14-17,20-21H2,1-2H3. The van der Waals surface area contributed by atoms with Crippen LogP contribution in [0.2, 0.25) is 0 Å². The maximum absolute atomic E-state index is 14.5. The molecule has 194 valence electrons. The molecule has 0 bridgehead atoms. The molecule has 0 atom stereocenters. The quantitative estimate of drug-likeness (QED) is 0.518. The fourth-order valence-corrected chi connectivity index (χ4v) is 4.78. The van der Waals surface area contributed by atoms with E-state index in [4.69, 9.17) is 0 Å². The molecule has 0 saturated carbocycles. The SMILES string of the molecule is CC(C)CN1CCCN(C(=O)c2ccccn2)Cc2cc(F)ccc2N(C(=O)c2cccnc2)CCC1. The number of fused-ring (bicyclic) bond motifs is 1. The Balaban J connectivity index is 1.73. The van der Waals surface area contributed by atoms with E-state index in [-0.39, 0.29) is 18.4 Å². The molecule has 1 aromatic carbocycles. The highest BCUT2D eigenvalue weighted by Gasteiger charge is 2.25. The zero-order valence-electron chi connectivity index (χ0n) is 21.5. The Morgan fingerprint density at radius 3 is 2.46 bits per heavy atom. The Kier molecular flexibility index (Phi) is 8.95. The Morgan fingerprint density at radius 1 is 0.946 bits per heavy atom. The minimum atomic E-state index is -0.409.